The van der Waals surface area contributed by atoms with Gasteiger partial charge in [0, 0.05) is 45.5 Å². The van der Waals surface area contributed by atoms with Gasteiger partial charge in [0.1, 0.15) is 0 Å². The lowest BCUT2D eigenvalue weighted by molar-refractivity contribution is -0.141. The summed E-state index contributed by atoms with van der Waals surface area (Å²) in [5.41, 5.74) is 6.30. The van der Waals surface area contributed by atoms with Gasteiger partial charge in [0.05, 0.1) is 11.1 Å². The monoisotopic (exact) mass is 384 g/mol. The maximum Gasteiger partial charge on any atom is 0.229 e. The second-order valence-corrected chi connectivity index (χ2v) is 5.98. The Morgan fingerprint density at radius 1 is 1.17 bits per heavy atom. The Kier molecular flexibility index (Phi) is 11.8. The molecule has 0 aliphatic carbocycles. The van der Waals surface area contributed by atoms with Gasteiger partial charge < -0.3 is 10.6 Å². The van der Waals surface area contributed by atoms with Crippen molar-refractivity contribution in [2.75, 3.05) is 32.7 Å². The molecule has 1 amide bonds. The number of halogens is 3. The van der Waals surface area contributed by atoms with Gasteiger partial charge >= 0.3 is 0 Å². The van der Waals surface area contributed by atoms with Gasteiger partial charge in [0.15, 0.2) is 0 Å². The first-order valence-corrected chi connectivity index (χ1v) is 7.14. The average molecular weight is 386 g/mol. The molecule has 0 spiro atoms. The number of piperazine rings is 1. The van der Waals surface area contributed by atoms with E-state index in [4.69, 9.17) is 5.73 Å². The molecule has 5 nitrogen and oxygen atoms in total. The highest BCUT2D eigenvalue weighted by molar-refractivity contribution is 5.86. The van der Waals surface area contributed by atoms with Crippen LogP contribution in [0, 0.1) is 5.41 Å². The molecule has 0 unspecified atom stereocenters. The molecule has 1 aromatic heterocycles. The molecular formula is C15H27Cl3N4O. The van der Waals surface area contributed by atoms with E-state index < -0.39 is 5.41 Å². The number of nitrogens with two attached hydrogens (primary N) is 1. The lowest BCUT2D eigenvalue weighted by Crippen LogP contribution is -2.53. The van der Waals surface area contributed by atoms with E-state index in [1.54, 1.807) is 0 Å². The molecule has 1 aliphatic heterocycles. The molecule has 0 aromatic carbocycles. The van der Waals surface area contributed by atoms with Gasteiger partial charge in [-0.05, 0) is 26.0 Å². The molecule has 0 bridgehead atoms. The minimum Gasteiger partial charge on any atom is -0.340 e. The molecule has 23 heavy (non-hydrogen) atoms. The van der Waals surface area contributed by atoms with E-state index in [0.717, 1.165) is 38.4 Å². The number of hydrogen-bond donors (Lipinski definition) is 1. The first kappa shape index (κ1) is 24.7. The Hall–Kier alpha value is -0.590. The highest BCUT2D eigenvalue weighted by Gasteiger charge is 2.32. The Bertz CT molecular complexity index is 451. The summed E-state index contributed by atoms with van der Waals surface area (Å²) in [5.74, 6) is 0.164. The van der Waals surface area contributed by atoms with E-state index in [0.29, 0.717) is 6.54 Å². The number of carbonyl (C=O) groups excluding carboxylic acids is 1. The third kappa shape index (κ3) is 6.81. The topological polar surface area (TPSA) is 62.5 Å². The van der Waals surface area contributed by atoms with E-state index in [1.165, 1.54) is 0 Å². The van der Waals surface area contributed by atoms with E-state index >= 15 is 0 Å². The van der Waals surface area contributed by atoms with Gasteiger partial charge in [0.2, 0.25) is 5.91 Å². The second kappa shape index (κ2) is 11.0. The maximum absolute atomic E-state index is 12.3. The molecule has 1 aromatic rings. The zero-order chi connectivity index (χ0) is 14.6. The zero-order valence-electron chi connectivity index (χ0n) is 13.6. The molecule has 1 aliphatic rings. The predicted octanol–water partition coefficient (Wildman–Crippen LogP) is 1.98. The van der Waals surface area contributed by atoms with Crippen molar-refractivity contribution in [2.24, 2.45) is 11.1 Å². The summed E-state index contributed by atoms with van der Waals surface area (Å²) < 4.78 is 0. The summed E-state index contributed by atoms with van der Waals surface area (Å²) in [6.45, 7) is 8.39. The van der Waals surface area contributed by atoms with Crippen LogP contribution in [0.25, 0.3) is 0 Å². The van der Waals surface area contributed by atoms with Gasteiger partial charge in [-0.15, -0.1) is 37.2 Å². The van der Waals surface area contributed by atoms with Crippen molar-refractivity contribution < 1.29 is 4.79 Å². The van der Waals surface area contributed by atoms with Crippen molar-refractivity contribution in [3.8, 4) is 0 Å². The van der Waals surface area contributed by atoms with Crippen molar-refractivity contribution in [1.82, 2.24) is 14.8 Å². The van der Waals surface area contributed by atoms with Crippen molar-refractivity contribution in [3.05, 3.63) is 30.1 Å². The average Bonchev–Trinajstić information content (AvgIpc) is 2.48. The minimum absolute atomic E-state index is 0. The minimum atomic E-state index is -0.455. The third-order valence-corrected chi connectivity index (χ3v) is 3.86. The van der Waals surface area contributed by atoms with E-state index in [2.05, 4.69) is 9.88 Å². The molecule has 2 heterocycles. The number of carbonyl (C=O) groups is 1. The van der Waals surface area contributed by atoms with Crippen LogP contribution in [0.1, 0.15) is 19.5 Å². The Morgan fingerprint density at radius 3 is 2.26 bits per heavy atom. The van der Waals surface area contributed by atoms with Crippen LogP contribution in [0.15, 0.2) is 24.4 Å². The molecule has 0 atom stereocenters. The van der Waals surface area contributed by atoms with Crippen molar-refractivity contribution in [3.63, 3.8) is 0 Å². The standard InChI is InChI=1S/C15H24N4O.3ClH/c1-15(2,12-16)14(20)19-9-7-18(8-10-19)11-13-5-3-4-6-17-13;;;/h3-6H,7-12,16H2,1-2H3;3*1H. The van der Waals surface area contributed by atoms with Crippen LogP contribution in [0.5, 0.6) is 0 Å². The van der Waals surface area contributed by atoms with Crippen molar-refractivity contribution >= 4 is 43.1 Å². The molecule has 1 saturated heterocycles. The molecule has 2 N–H and O–H groups in total. The van der Waals surface area contributed by atoms with Crippen LogP contribution in [0.2, 0.25) is 0 Å². The summed E-state index contributed by atoms with van der Waals surface area (Å²) in [5, 5.41) is 0. The summed E-state index contributed by atoms with van der Waals surface area (Å²) in [6.07, 6.45) is 1.82. The first-order valence-electron chi connectivity index (χ1n) is 7.14. The molecule has 0 saturated carbocycles. The summed E-state index contributed by atoms with van der Waals surface area (Å²) in [7, 11) is 0. The summed E-state index contributed by atoms with van der Waals surface area (Å²) >= 11 is 0. The Morgan fingerprint density at radius 2 is 1.78 bits per heavy atom. The number of amides is 1. The van der Waals surface area contributed by atoms with Crippen LogP contribution >= 0.6 is 37.2 Å². The Labute approximate surface area is 157 Å². The highest BCUT2D eigenvalue weighted by atomic mass is 35.5. The summed E-state index contributed by atoms with van der Waals surface area (Å²) in [6, 6.07) is 5.97. The number of nitrogens with zero attached hydrogens (tertiary/aromatic N) is 3. The lowest BCUT2D eigenvalue weighted by Gasteiger charge is -2.38. The smallest absolute Gasteiger partial charge is 0.229 e. The van der Waals surface area contributed by atoms with Crippen LogP contribution in [-0.2, 0) is 11.3 Å². The number of rotatable bonds is 4. The van der Waals surface area contributed by atoms with Gasteiger partial charge in [-0.25, -0.2) is 0 Å². The van der Waals surface area contributed by atoms with Gasteiger partial charge in [-0.3, -0.25) is 14.7 Å². The zero-order valence-corrected chi connectivity index (χ0v) is 16.1. The largest absolute Gasteiger partial charge is 0.340 e. The normalized spacial score (nSPS) is 15.0. The first-order chi connectivity index (χ1) is 9.53. The fraction of sp³-hybridized carbons (Fsp3) is 0.600. The SMILES string of the molecule is CC(C)(CN)C(=O)N1CCN(Cc2ccccn2)CC1.Cl.Cl.Cl. The summed E-state index contributed by atoms with van der Waals surface area (Å²) in [4.78, 5) is 20.9. The van der Waals surface area contributed by atoms with Crippen molar-refractivity contribution in [2.45, 2.75) is 20.4 Å². The molecular weight excluding hydrogens is 359 g/mol. The molecule has 134 valence electrons. The van der Waals surface area contributed by atoms with Gasteiger partial charge in [-0.1, -0.05) is 6.07 Å². The molecule has 8 heteroatoms. The fourth-order valence-corrected chi connectivity index (χ4v) is 2.35. The third-order valence-electron chi connectivity index (χ3n) is 3.86. The maximum atomic E-state index is 12.3. The number of aromatic nitrogens is 1. The molecule has 1 fully saturated rings. The number of pyridine rings is 1. The highest BCUT2D eigenvalue weighted by Crippen LogP contribution is 2.18. The van der Waals surface area contributed by atoms with E-state index in [1.807, 2.05) is 43.1 Å². The molecule has 2 rings (SSSR count). The van der Waals surface area contributed by atoms with Crippen LogP contribution in [0.3, 0.4) is 0 Å². The van der Waals surface area contributed by atoms with Gasteiger partial charge in [-0.2, -0.15) is 0 Å². The van der Waals surface area contributed by atoms with Crippen LogP contribution in [0.4, 0.5) is 0 Å². The van der Waals surface area contributed by atoms with E-state index in [-0.39, 0.29) is 43.1 Å². The quantitative estimate of drug-likeness (QED) is 0.861. The predicted molar refractivity (Wildman–Crippen MR) is 101 cm³/mol. The van der Waals surface area contributed by atoms with Gasteiger partial charge in [0.25, 0.3) is 0 Å². The van der Waals surface area contributed by atoms with Crippen LogP contribution < -0.4 is 5.73 Å². The number of hydrogen-bond acceptors (Lipinski definition) is 4. The Balaban J connectivity index is 0. The lowest BCUT2D eigenvalue weighted by atomic mass is 9.91. The van der Waals surface area contributed by atoms with Crippen molar-refractivity contribution in [1.29, 1.82) is 0 Å². The van der Waals surface area contributed by atoms with E-state index in [9.17, 15) is 4.79 Å². The second-order valence-electron chi connectivity index (χ2n) is 5.98. The fourth-order valence-electron chi connectivity index (χ4n) is 2.35. The van der Waals surface area contributed by atoms with Crippen LogP contribution in [-0.4, -0.2) is 53.4 Å². The molecule has 0 radical (unpaired) electrons.